The van der Waals surface area contributed by atoms with Crippen LogP contribution in [0.1, 0.15) is 5.76 Å². The predicted molar refractivity (Wildman–Crippen MR) is 104 cm³/mol. The van der Waals surface area contributed by atoms with Crippen LogP contribution in [0.3, 0.4) is 0 Å². The van der Waals surface area contributed by atoms with Gasteiger partial charge in [-0.2, -0.15) is 0 Å². The molecule has 0 spiro atoms. The van der Waals surface area contributed by atoms with Crippen LogP contribution < -0.4 is 0 Å². The second kappa shape index (κ2) is 7.15. The summed E-state index contributed by atoms with van der Waals surface area (Å²) in [4.78, 5) is 14.3. The van der Waals surface area contributed by atoms with Crippen LogP contribution in [0, 0.1) is 0 Å². The number of rotatable bonds is 4. The molecule has 0 atom stereocenters. The van der Waals surface area contributed by atoms with Crippen LogP contribution >= 0.6 is 47.2 Å². The van der Waals surface area contributed by atoms with Crippen molar-refractivity contribution in [3.8, 4) is 11.3 Å². The molecule has 1 aromatic carbocycles. The smallest absolute Gasteiger partial charge is 0.266 e. The molecule has 122 valence electrons. The van der Waals surface area contributed by atoms with Gasteiger partial charge in [0.1, 0.15) is 15.8 Å². The van der Waals surface area contributed by atoms with Gasteiger partial charge in [-0.25, -0.2) is 0 Å². The number of thioether (sulfide) groups is 1. The highest BCUT2D eigenvalue weighted by atomic mass is 35.5. The minimum Gasteiger partial charge on any atom is -0.457 e. The number of hydrogen-bond acceptors (Lipinski definition) is 4. The normalized spacial score (nSPS) is 16.2. The first-order chi connectivity index (χ1) is 11.5. The number of halogens is 2. The van der Waals surface area contributed by atoms with Crippen molar-refractivity contribution in [3.05, 3.63) is 63.7 Å². The minimum absolute atomic E-state index is 0.146. The number of amides is 1. The summed E-state index contributed by atoms with van der Waals surface area (Å²) in [6.45, 7) is 4.03. The van der Waals surface area contributed by atoms with E-state index in [1.807, 2.05) is 0 Å². The average Bonchev–Trinajstić information content (AvgIpc) is 3.08. The van der Waals surface area contributed by atoms with Crippen molar-refractivity contribution < 1.29 is 9.21 Å². The van der Waals surface area contributed by atoms with Gasteiger partial charge in [-0.15, -0.1) is 6.58 Å². The maximum atomic E-state index is 12.3. The Labute approximate surface area is 158 Å². The second-order valence-corrected chi connectivity index (χ2v) is 7.43. The van der Waals surface area contributed by atoms with Crippen molar-refractivity contribution in [1.82, 2.24) is 4.90 Å². The van der Waals surface area contributed by atoms with Gasteiger partial charge in [0.15, 0.2) is 0 Å². The van der Waals surface area contributed by atoms with E-state index in [9.17, 15) is 4.79 Å². The Morgan fingerprint density at radius 3 is 2.79 bits per heavy atom. The average molecular weight is 396 g/mol. The molecule has 0 radical (unpaired) electrons. The highest BCUT2D eigenvalue weighted by Gasteiger charge is 2.31. The van der Waals surface area contributed by atoms with Crippen molar-refractivity contribution in [2.75, 3.05) is 6.54 Å². The number of thiocarbonyl (C=S) groups is 1. The Bertz CT molecular complexity index is 873. The van der Waals surface area contributed by atoms with Crippen molar-refractivity contribution in [3.63, 3.8) is 0 Å². The van der Waals surface area contributed by atoms with Crippen molar-refractivity contribution in [1.29, 1.82) is 0 Å². The summed E-state index contributed by atoms with van der Waals surface area (Å²) in [6.07, 6.45) is 3.32. The standard InChI is InChI=1S/C17H11Cl2NO2S2/c1-2-7-20-16(21)15(24-17(20)23)9-11-4-6-14(22-11)12-5-3-10(18)8-13(12)19/h2-6,8-9H,1,7H2/b15-9+. The highest BCUT2D eigenvalue weighted by molar-refractivity contribution is 8.26. The van der Waals surface area contributed by atoms with E-state index in [1.165, 1.54) is 16.7 Å². The maximum absolute atomic E-state index is 12.3. The van der Waals surface area contributed by atoms with E-state index in [0.717, 1.165) is 5.56 Å². The lowest BCUT2D eigenvalue weighted by molar-refractivity contribution is -0.121. The molecule has 1 saturated heterocycles. The summed E-state index contributed by atoms with van der Waals surface area (Å²) in [5.41, 5.74) is 0.736. The Balaban J connectivity index is 1.88. The van der Waals surface area contributed by atoms with Crippen LogP contribution in [0.25, 0.3) is 17.4 Å². The Kier molecular flexibility index (Phi) is 5.15. The fourth-order valence-electron chi connectivity index (χ4n) is 2.18. The van der Waals surface area contributed by atoms with Crippen LogP contribution in [0.2, 0.25) is 10.0 Å². The molecule has 7 heteroatoms. The van der Waals surface area contributed by atoms with Crippen LogP contribution in [-0.4, -0.2) is 21.7 Å². The zero-order valence-corrected chi connectivity index (χ0v) is 15.4. The van der Waals surface area contributed by atoms with Gasteiger partial charge < -0.3 is 4.42 Å². The molecular weight excluding hydrogens is 385 g/mol. The number of furan rings is 1. The number of nitrogens with zero attached hydrogens (tertiary/aromatic N) is 1. The van der Waals surface area contributed by atoms with Crippen molar-refractivity contribution in [2.45, 2.75) is 0 Å². The summed E-state index contributed by atoms with van der Waals surface area (Å²) in [5.74, 6) is 1.01. The molecule has 0 aliphatic carbocycles. The SMILES string of the molecule is C=CCN1C(=O)/C(=C\c2ccc(-c3ccc(Cl)cc3Cl)o2)SC1=S. The van der Waals surface area contributed by atoms with Crippen LogP contribution in [0.5, 0.6) is 0 Å². The Morgan fingerprint density at radius 1 is 1.29 bits per heavy atom. The molecule has 3 nitrogen and oxygen atoms in total. The largest absolute Gasteiger partial charge is 0.457 e. The third-order valence-corrected chi connectivity index (χ3v) is 5.21. The zero-order valence-electron chi connectivity index (χ0n) is 12.3. The van der Waals surface area contributed by atoms with Crippen LogP contribution in [-0.2, 0) is 4.79 Å². The van der Waals surface area contributed by atoms with E-state index in [0.29, 0.717) is 37.3 Å². The molecule has 24 heavy (non-hydrogen) atoms. The molecule has 0 bridgehead atoms. The van der Waals surface area contributed by atoms with Gasteiger partial charge in [-0.1, -0.05) is 53.3 Å². The molecule has 1 aromatic heterocycles. The predicted octanol–water partition coefficient (Wildman–Crippen LogP) is 5.64. The van der Waals surface area contributed by atoms with E-state index in [4.69, 9.17) is 39.8 Å². The molecule has 2 heterocycles. The molecule has 1 aliphatic heterocycles. The van der Waals surface area contributed by atoms with Crippen LogP contribution in [0.4, 0.5) is 0 Å². The summed E-state index contributed by atoms with van der Waals surface area (Å²) in [5, 5.41) is 1.06. The number of carbonyl (C=O) groups excluding carboxylic acids is 1. The first-order valence-electron chi connectivity index (χ1n) is 6.91. The van der Waals surface area contributed by atoms with Gasteiger partial charge in [0.05, 0.1) is 9.93 Å². The van der Waals surface area contributed by atoms with Gasteiger partial charge in [-0.3, -0.25) is 9.69 Å². The van der Waals surface area contributed by atoms with E-state index in [2.05, 4.69) is 6.58 Å². The highest BCUT2D eigenvalue weighted by Crippen LogP contribution is 2.35. The molecule has 3 rings (SSSR count). The monoisotopic (exact) mass is 395 g/mol. The topological polar surface area (TPSA) is 33.5 Å². The minimum atomic E-state index is -0.146. The zero-order chi connectivity index (χ0) is 17.3. The second-order valence-electron chi connectivity index (χ2n) is 4.91. The first-order valence-corrected chi connectivity index (χ1v) is 8.89. The number of benzene rings is 1. The van der Waals surface area contributed by atoms with E-state index >= 15 is 0 Å². The number of hydrogen-bond donors (Lipinski definition) is 0. The van der Waals surface area contributed by atoms with Gasteiger partial charge in [0.25, 0.3) is 5.91 Å². The van der Waals surface area contributed by atoms with Crippen molar-refractivity contribution in [2.24, 2.45) is 0 Å². The Hall–Kier alpha value is -1.53. The molecule has 2 aromatic rings. The van der Waals surface area contributed by atoms with Gasteiger partial charge >= 0.3 is 0 Å². The maximum Gasteiger partial charge on any atom is 0.266 e. The summed E-state index contributed by atoms with van der Waals surface area (Å²) in [7, 11) is 0. The quantitative estimate of drug-likeness (QED) is 0.380. The van der Waals surface area contributed by atoms with E-state index in [-0.39, 0.29) is 5.91 Å². The lowest BCUT2D eigenvalue weighted by Gasteiger charge is -2.10. The lowest BCUT2D eigenvalue weighted by Crippen LogP contribution is -2.27. The van der Waals surface area contributed by atoms with Crippen LogP contribution in [0.15, 0.2) is 52.3 Å². The molecule has 0 N–H and O–H groups in total. The van der Waals surface area contributed by atoms with Gasteiger partial charge in [-0.05, 0) is 30.3 Å². The Morgan fingerprint density at radius 2 is 2.08 bits per heavy atom. The number of carbonyl (C=O) groups is 1. The molecule has 1 aliphatic rings. The summed E-state index contributed by atoms with van der Waals surface area (Å²) < 4.78 is 6.29. The molecular formula is C17H11Cl2NO2S2. The lowest BCUT2D eigenvalue weighted by atomic mass is 10.2. The third-order valence-electron chi connectivity index (χ3n) is 3.28. The van der Waals surface area contributed by atoms with E-state index < -0.39 is 0 Å². The van der Waals surface area contributed by atoms with Gasteiger partial charge in [0.2, 0.25) is 0 Å². The molecule has 0 unspecified atom stereocenters. The van der Waals surface area contributed by atoms with E-state index in [1.54, 1.807) is 42.5 Å². The summed E-state index contributed by atoms with van der Waals surface area (Å²) in [6, 6.07) is 8.76. The molecule has 1 fully saturated rings. The summed E-state index contributed by atoms with van der Waals surface area (Å²) >= 11 is 18.5. The fraction of sp³-hybridized carbons (Fsp3) is 0.0588. The molecule has 1 amide bonds. The fourth-order valence-corrected chi connectivity index (χ4v) is 3.94. The van der Waals surface area contributed by atoms with Gasteiger partial charge in [0, 0.05) is 23.2 Å². The van der Waals surface area contributed by atoms with Crippen molar-refractivity contribution >= 4 is 63.5 Å². The first kappa shape index (κ1) is 17.3. The third kappa shape index (κ3) is 3.44. The molecule has 0 saturated carbocycles.